The molecule has 1 saturated heterocycles. The van der Waals surface area contributed by atoms with Gasteiger partial charge in [-0.25, -0.2) is 4.79 Å². The van der Waals surface area contributed by atoms with Crippen LogP contribution in [0.25, 0.3) is 0 Å². The summed E-state index contributed by atoms with van der Waals surface area (Å²) in [6, 6.07) is 0.264. The lowest BCUT2D eigenvalue weighted by atomic mass is 10.1. The molecule has 1 fully saturated rings. The zero-order valence-corrected chi connectivity index (χ0v) is 14.8. The first-order valence-electron chi connectivity index (χ1n) is 8.32. The minimum absolute atomic E-state index is 0.120. The van der Waals surface area contributed by atoms with Crippen LogP contribution in [0, 0.1) is 0 Å². The van der Waals surface area contributed by atoms with E-state index < -0.39 is 11.6 Å². The van der Waals surface area contributed by atoms with Gasteiger partial charge in [0, 0.05) is 32.2 Å². The lowest BCUT2D eigenvalue weighted by molar-refractivity contribution is -0.139. The van der Waals surface area contributed by atoms with Gasteiger partial charge in [0.05, 0.1) is 6.54 Å². The summed E-state index contributed by atoms with van der Waals surface area (Å²) in [7, 11) is 0. The summed E-state index contributed by atoms with van der Waals surface area (Å²) in [5.41, 5.74) is -0.462. The zero-order valence-electron chi connectivity index (χ0n) is 14.8. The predicted molar refractivity (Wildman–Crippen MR) is 88.6 cm³/mol. The summed E-state index contributed by atoms with van der Waals surface area (Å²) in [5.74, 6) is -0.765. The molecule has 1 heterocycles. The third-order valence-corrected chi connectivity index (χ3v) is 3.76. The van der Waals surface area contributed by atoms with Crippen LogP contribution in [0.15, 0.2) is 0 Å². The second-order valence-corrected chi connectivity index (χ2v) is 7.15. The molecule has 0 unspecified atom stereocenters. The Morgan fingerprint density at radius 1 is 1.26 bits per heavy atom. The fourth-order valence-electron chi connectivity index (χ4n) is 2.65. The van der Waals surface area contributed by atoms with Crippen molar-refractivity contribution in [2.45, 2.75) is 52.2 Å². The molecule has 0 spiro atoms. The average Bonchev–Trinajstić information content (AvgIpc) is 2.39. The first kappa shape index (κ1) is 19.7. The fraction of sp³-hybridized carbons (Fsp3) is 0.875. The Bertz CT molecular complexity index is 395. The lowest BCUT2D eigenvalue weighted by Crippen LogP contribution is -2.53. The number of nitrogens with one attached hydrogen (secondary N) is 1. The van der Waals surface area contributed by atoms with Crippen LogP contribution in [-0.4, -0.2) is 77.9 Å². The second-order valence-electron chi connectivity index (χ2n) is 7.15. The van der Waals surface area contributed by atoms with E-state index in [1.54, 1.807) is 0 Å². The quantitative estimate of drug-likeness (QED) is 0.687. The molecule has 0 saturated carbocycles. The maximum atomic E-state index is 11.5. The molecule has 0 radical (unpaired) electrons. The van der Waals surface area contributed by atoms with Gasteiger partial charge in [0.2, 0.25) is 0 Å². The van der Waals surface area contributed by atoms with E-state index in [0.717, 1.165) is 39.0 Å². The summed E-state index contributed by atoms with van der Waals surface area (Å²) < 4.78 is 5.18. The number of amides is 1. The Balaban J connectivity index is 2.11. The number of ether oxygens (including phenoxy) is 1. The molecule has 1 amide bonds. The fourth-order valence-corrected chi connectivity index (χ4v) is 2.65. The number of carbonyl (C=O) groups is 2. The smallest absolute Gasteiger partial charge is 0.407 e. The van der Waals surface area contributed by atoms with Crippen LogP contribution in [0.4, 0.5) is 4.79 Å². The van der Waals surface area contributed by atoms with Gasteiger partial charge in [-0.15, -0.1) is 0 Å². The van der Waals surface area contributed by atoms with Crippen molar-refractivity contribution in [2.24, 2.45) is 0 Å². The lowest BCUT2D eigenvalue weighted by Gasteiger charge is -2.39. The van der Waals surface area contributed by atoms with Gasteiger partial charge < -0.3 is 20.1 Å². The van der Waals surface area contributed by atoms with Crippen LogP contribution in [0.3, 0.4) is 0 Å². The molecule has 134 valence electrons. The molecule has 7 nitrogen and oxygen atoms in total. The summed E-state index contributed by atoms with van der Waals surface area (Å²) in [4.78, 5) is 26.6. The van der Waals surface area contributed by atoms with Crippen molar-refractivity contribution in [3.05, 3.63) is 0 Å². The topological polar surface area (TPSA) is 82.1 Å². The Morgan fingerprint density at radius 3 is 2.52 bits per heavy atom. The Morgan fingerprint density at radius 2 is 1.96 bits per heavy atom. The van der Waals surface area contributed by atoms with E-state index in [0.29, 0.717) is 6.54 Å². The van der Waals surface area contributed by atoms with Gasteiger partial charge in [0.15, 0.2) is 0 Å². The Labute approximate surface area is 139 Å². The van der Waals surface area contributed by atoms with Crippen molar-refractivity contribution in [2.75, 3.05) is 39.3 Å². The number of rotatable bonds is 7. The highest BCUT2D eigenvalue weighted by molar-refractivity contribution is 5.69. The van der Waals surface area contributed by atoms with Gasteiger partial charge in [-0.1, -0.05) is 0 Å². The number of unbranched alkanes of at least 4 members (excludes halogenated alkanes) is 1. The molecule has 0 aliphatic carbocycles. The summed E-state index contributed by atoms with van der Waals surface area (Å²) >= 11 is 0. The van der Waals surface area contributed by atoms with Gasteiger partial charge in [-0.05, 0) is 47.1 Å². The van der Waals surface area contributed by atoms with Crippen LogP contribution >= 0.6 is 0 Å². The number of hydrogen-bond donors (Lipinski definition) is 2. The van der Waals surface area contributed by atoms with Gasteiger partial charge in [0.25, 0.3) is 0 Å². The van der Waals surface area contributed by atoms with E-state index >= 15 is 0 Å². The molecular weight excluding hydrogens is 298 g/mol. The first-order chi connectivity index (χ1) is 10.7. The third kappa shape index (κ3) is 8.76. The number of alkyl carbamates (subject to hydrolysis) is 1. The minimum Gasteiger partial charge on any atom is -0.480 e. The summed E-state index contributed by atoms with van der Waals surface area (Å²) in [6.07, 6.45) is 1.54. The van der Waals surface area contributed by atoms with Crippen molar-refractivity contribution in [3.63, 3.8) is 0 Å². The van der Waals surface area contributed by atoms with E-state index in [1.807, 2.05) is 25.7 Å². The van der Waals surface area contributed by atoms with Gasteiger partial charge in [-0.2, -0.15) is 0 Å². The van der Waals surface area contributed by atoms with Crippen LogP contribution in [0.5, 0.6) is 0 Å². The van der Waals surface area contributed by atoms with E-state index in [2.05, 4.69) is 17.1 Å². The number of hydrogen-bond acceptors (Lipinski definition) is 5. The van der Waals surface area contributed by atoms with Crippen molar-refractivity contribution >= 4 is 12.1 Å². The molecule has 0 aromatic heterocycles. The minimum atomic E-state index is -0.765. The number of nitrogens with zero attached hydrogens (tertiary/aromatic N) is 2. The van der Waals surface area contributed by atoms with E-state index in [9.17, 15) is 9.59 Å². The predicted octanol–water partition coefficient (Wildman–Crippen LogP) is 1.38. The number of carboxylic acid groups (broad SMARTS) is 1. The zero-order chi connectivity index (χ0) is 17.5. The van der Waals surface area contributed by atoms with E-state index in [4.69, 9.17) is 9.84 Å². The summed E-state index contributed by atoms with van der Waals surface area (Å²) in [6.45, 7) is 11.9. The first-order valence-corrected chi connectivity index (χ1v) is 8.32. The molecule has 0 bridgehead atoms. The molecule has 23 heavy (non-hydrogen) atoms. The van der Waals surface area contributed by atoms with Gasteiger partial charge in [-0.3, -0.25) is 9.69 Å². The largest absolute Gasteiger partial charge is 0.480 e. The number of piperazine rings is 1. The number of carbonyl (C=O) groups excluding carboxylic acids is 1. The van der Waals surface area contributed by atoms with Crippen LogP contribution < -0.4 is 5.32 Å². The highest BCUT2D eigenvalue weighted by atomic mass is 16.6. The molecule has 1 aliphatic rings. The normalized spacial score (nSPS) is 20.3. The molecule has 0 aromatic carbocycles. The van der Waals surface area contributed by atoms with Crippen molar-refractivity contribution in [1.82, 2.24) is 15.1 Å². The standard InChI is InChI=1S/C16H31N3O4/c1-13-11-18(9-10-19(13)12-14(20)21)8-6-5-7-17-15(22)23-16(2,3)4/h13H,5-12H2,1-4H3,(H,17,22)(H,20,21)/t13-/m0/s1. The number of aliphatic carboxylic acids is 1. The monoisotopic (exact) mass is 329 g/mol. The van der Waals surface area contributed by atoms with Crippen molar-refractivity contribution in [1.29, 1.82) is 0 Å². The Kier molecular flexibility index (Phi) is 7.78. The Hall–Kier alpha value is -1.34. The van der Waals surface area contributed by atoms with Crippen molar-refractivity contribution < 1.29 is 19.4 Å². The van der Waals surface area contributed by atoms with Crippen molar-refractivity contribution in [3.8, 4) is 0 Å². The average molecular weight is 329 g/mol. The van der Waals surface area contributed by atoms with E-state index in [-0.39, 0.29) is 18.7 Å². The highest BCUT2D eigenvalue weighted by Gasteiger charge is 2.24. The molecule has 7 heteroatoms. The molecule has 1 aliphatic heterocycles. The van der Waals surface area contributed by atoms with E-state index in [1.165, 1.54) is 0 Å². The van der Waals surface area contributed by atoms with Crippen LogP contribution in [-0.2, 0) is 9.53 Å². The van der Waals surface area contributed by atoms with Crippen LogP contribution in [0.2, 0.25) is 0 Å². The molecule has 1 rings (SSSR count). The van der Waals surface area contributed by atoms with Gasteiger partial charge >= 0.3 is 12.1 Å². The summed E-state index contributed by atoms with van der Waals surface area (Å²) in [5, 5.41) is 11.6. The SMILES string of the molecule is C[C@H]1CN(CCCCNC(=O)OC(C)(C)C)CCN1CC(=O)O. The highest BCUT2D eigenvalue weighted by Crippen LogP contribution is 2.10. The third-order valence-electron chi connectivity index (χ3n) is 3.76. The molecule has 2 N–H and O–H groups in total. The molecular formula is C16H31N3O4. The second kappa shape index (κ2) is 9.08. The van der Waals surface area contributed by atoms with Crippen LogP contribution in [0.1, 0.15) is 40.5 Å². The number of carboxylic acids is 1. The maximum absolute atomic E-state index is 11.5. The maximum Gasteiger partial charge on any atom is 0.407 e. The molecule has 1 atom stereocenters. The molecule has 0 aromatic rings. The van der Waals surface area contributed by atoms with Gasteiger partial charge in [0.1, 0.15) is 5.60 Å².